The average molecular weight is 478 g/mol. The van der Waals surface area contributed by atoms with E-state index in [1.165, 1.54) is 18.3 Å². The number of alkyl halides is 3. The van der Waals surface area contributed by atoms with E-state index in [0.29, 0.717) is 17.2 Å². The lowest BCUT2D eigenvalue weighted by Crippen LogP contribution is -2.39. The smallest absolute Gasteiger partial charge is 0.381 e. The summed E-state index contributed by atoms with van der Waals surface area (Å²) in [7, 11) is 1.59. The maximum absolute atomic E-state index is 13.9. The van der Waals surface area contributed by atoms with Crippen molar-refractivity contribution in [1.82, 2.24) is 19.9 Å². The summed E-state index contributed by atoms with van der Waals surface area (Å²) in [5.74, 6) is 1.81. The van der Waals surface area contributed by atoms with Crippen LogP contribution >= 0.6 is 0 Å². The molecule has 2 aliphatic heterocycles. The van der Waals surface area contributed by atoms with Crippen LogP contribution in [-0.4, -0.2) is 59.2 Å². The van der Waals surface area contributed by atoms with Crippen molar-refractivity contribution in [3.05, 3.63) is 53.2 Å². The molecule has 0 radical (unpaired) electrons. The topological polar surface area (TPSA) is 66.1 Å². The van der Waals surface area contributed by atoms with Gasteiger partial charge >= 0.3 is 6.18 Å². The number of aromatic nitrogens is 3. The van der Waals surface area contributed by atoms with Gasteiger partial charge in [-0.15, -0.1) is 0 Å². The summed E-state index contributed by atoms with van der Waals surface area (Å²) in [4.78, 5) is 12.3. The van der Waals surface area contributed by atoms with E-state index in [-0.39, 0.29) is 11.5 Å². The Labute approximate surface area is 194 Å². The van der Waals surface area contributed by atoms with Gasteiger partial charge in [0.15, 0.2) is 0 Å². The van der Waals surface area contributed by atoms with Gasteiger partial charge in [0, 0.05) is 38.0 Å². The molecule has 0 spiro atoms. The molecule has 182 valence electrons. The Hall–Kier alpha value is -2.72. The van der Waals surface area contributed by atoms with Crippen molar-refractivity contribution in [1.29, 1.82) is 0 Å². The summed E-state index contributed by atoms with van der Waals surface area (Å²) >= 11 is 0. The standard InChI is InChI=1S/C16H20FNO.C8H7F3N4/c17-16-3-1-2-11-4-5-14(6-15(11)16)18-7-12-9-19-10-13(12)8-18;1-12-6-4-2-5(8(9,10)11)15-7(4)14-3-13-6/h1-3,12-14H,4-10H2;2-3H,1H3,(H2,12,13,14,15). The Kier molecular flexibility index (Phi) is 6.20. The largest absolute Gasteiger partial charge is 0.431 e. The lowest BCUT2D eigenvalue weighted by atomic mass is 9.87. The minimum atomic E-state index is -4.40. The van der Waals surface area contributed by atoms with E-state index in [9.17, 15) is 17.6 Å². The van der Waals surface area contributed by atoms with E-state index in [4.69, 9.17) is 4.74 Å². The zero-order chi connectivity index (χ0) is 23.9. The first-order valence-electron chi connectivity index (χ1n) is 11.5. The molecule has 3 unspecified atom stereocenters. The molecule has 1 aliphatic carbocycles. The van der Waals surface area contributed by atoms with Gasteiger partial charge in [-0.2, -0.15) is 13.2 Å². The van der Waals surface area contributed by atoms with Crippen LogP contribution in [0.5, 0.6) is 0 Å². The average Bonchev–Trinajstić information content (AvgIpc) is 3.54. The third-order valence-electron chi connectivity index (χ3n) is 7.16. The van der Waals surface area contributed by atoms with Gasteiger partial charge in [0.2, 0.25) is 0 Å². The third-order valence-corrected chi connectivity index (χ3v) is 7.16. The molecule has 3 aliphatic rings. The van der Waals surface area contributed by atoms with Crippen molar-refractivity contribution in [3.8, 4) is 0 Å². The number of benzene rings is 1. The Morgan fingerprint density at radius 2 is 1.91 bits per heavy atom. The predicted molar refractivity (Wildman–Crippen MR) is 120 cm³/mol. The van der Waals surface area contributed by atoms with Crippen molar-refractivity contribution < 1.29 is 22.3 Å². The third kappa shape index (κ3) is 4.48. The zero-order valence-electron chi connectivity index (χ0n) is 18.8. The molecule has 3 aromatic rings. The first-order valence-corrected chi connectivity index (χ1v) is 11.5. The Balaban J connectivity index is 0.000000146. The fourth-order valence-corrected chi connectivity index (χ4v) is 5.35. The van der Waals surface area contributed by atoms with Crippen LogP contribution in [0.1, 0.15) is 23.2 Å². The van der Waals surface area contributed by atoms with Gasteiger partial charge in [-0.3, -0.25) is 4.90 Å². The number of hydrogen-bond acceptors (Lipinski definition) is 5. The van der Waals surface area contributed by atoms with Crippen LogP contribution in [0, 0.1) is 17.7 Å². The Bertz CT molecular complexity index is 1150. The molecule has 0 amide bonds. The quantitative estimate of drug-likeness (QED) is 0.540. The van der Waals surface area contributed by atoms with Gasteiger partial charge in [0.05, 0.1) is 18.6 Å². The highest BCUT2D eigenvalue weighted by Crippen LogP contribution is 2.35. The SMILES string of the molecule is CNc1ncnc2[nH]c(C(F)(F)F)cc12.Fc1cccc2c1CC(N1CC3COCC3C1)CC2. The predicted octanol–water partition coefficient (Wildman–Crippen LogP) is 4.28. The Morgan fingerprint density at radius 1 is 1.15 bits per heavy atom. The maximum atomic E-state index is 13.9. The monoisotopic (exact) mass is 477 g/mol. The number of anilines is 1. The summed E-state index contributed by atoms with van der Waals surface area (Å²) in [6.45, 7) is 4.16. The number of hydrogen-bond donors (Lipinski definition) is 2. The van der Waals surface area contributed by atoms with E-state index >= 15 is 0 Å². The summed E-state index contributed by atoms with van der Waals surface area (Å²) in [6.07, 6.45) is -0.102. The number of nitrogens with one attached hydrogen (secondary N) is 2. The number of aromatic amines is 1. The van der Waals surface area contributed by atoms with Gasteiger partial charge < -0.3 is 15.0 Å². The van der Waals surface area contributed by atoms with Crippen LogP contribution in [0.25, 0.3) is 11.0 Å². The number of rotatable bonds is 2. The molecule has 2 aromatic heterocycles. The molecule has 2 N–H and O–H groups in total. The number of nitrogens with zero attached hydrogens (tertiary/aromatic N) is 3. The highest BCUT2D eigenvalue weighted by molar-refractivity contribution is 5.87. The number of aryl methyl sites for hydroxylation is 1. The van der Waals surface area contributed by atoms with Crippen LogP contribution < -0.4 is 5.32 Å². The molecule has 1 aromatic carbocycles. The number of halogens is 4. The van der Waals surface area contributed by atoms with E-state index in [0.717, 1.165) is 62.6 Å². The van der Waals surface area contributed by atoms with Crippen molar-refractivity contribution in [2.24, 2.45) is 11.8 Å². The van der Waals surface area contributed by atoms with Crippen LogP contribution in [0.3, 0.4) is 0 Å². The second-order valence-electron chi connectivity index (χ2n) is 9.20. The second kappa shape index (κ2) is 9.14. The minimum Gasteiger partial charge on any atom is -0.381 e. The zero-order valence-corrected chi connectivity index (χ0v) is 18.8. The first-order chi connectivity index (χ1) is 16.3. The van der Waals surface area contributed by atoms with Crippen LogP contribution in [0.2, 0.25) is 0 Å². The minimum absolute atomic E-state index is 0.00933. The maximum Gasteiger partial charge on any atom is 0.431 e. The van der Waals surface area contributed by atoms with Crippen molar-refractivity contribution >= 4 is 16.9 Å². The lowest BCUT2D eigenvalue weighted by molar-refractivity contribution is -0.140. The van der Waals surface area contributed by atoms with Gasteiger partial charge in [0.1, 0.15) is 29.3 Å². The van der Waals surface area contributed by atoms with E-state index < -0.39 is 11.9 Å². The summed E-state index contributed by atoms with van der Waals surface area (Å²) in [5, 5.41) is 3.02. The number of ether oxygens (including phenoxy) is 1. The Morgan fingerprint density at radius 3 is 2.62 bits per heavy atom. The highest BCUT2D eigenvalue weighted by Gasteiger charge is 2.40. The molecule has 2 saturated heterocycles. The summed E-state index contributed by atoms with van der Waals surface area (Å²) in [5.41, 5.74) is 1.53. The summed E-state index contributed by atoms with van der Waals surface area (Å²) < 4.78 is 56.5. The molecule has 6 rings (SSSR count). The van der Waals surface area contributed by atoms with E-state index in [1.54, 1.807) is 13.1 Å². The molecule has 0 bridgehead atoms. The molecular weight excluding hydrogens is 450 g/mol. The first kappa shape index (κ1) is 23.0. The molecule has 3 atom stereocenters. The van der Waals surface area contributed by atoms with Crippen LogP contribution in [-0.2, 0) is 23.8 Å². The number of fused-ring (bicyclic) bond motifs is 3. The van der Waals surface area contributed by atoms with Gasteiger partial charge in [0.25, 0.3) is 0 Å². The van der Waals surface area contributed by atoms with Gasteiger partial charge in [-0.05, 0) is 42.5 Å². The molecule has 34 heavy (non-hydrogen) atoms. The van der Waals surface area contributed by atoms with Crippen LogP contribution in [0.4, 0.5) is 23.4 Å². The number of likely N-dealkylation sites (tertiary alicyclic amines) is 1. The summed E-state index contributed by atoms with van der Waals surface area (Å²) in [6, 6.07) is 7.05. The molecular formula is C24H27F4N5O. The fourth-order valence-electron chi connectivity index (χ4n) is 5.35. The lowest BCUT2D eigenvalue weighted by Gasteiger charge is -2.33. The second-order valence-corrected chi connectivity index (χ2v) is 9.20. The molecule has 6 nitrogen and oxygen atoms in total. The normalized spacial score (nSPS) is 24.4. The fraction of sp³-hybridized carbons (Fsp3) is 0.500. The molecule has 10 heteroatoms. The van der Waals surface area contributed by atoms with Crippen molar-refractivity contribution in [2.45, 2.75) is 31.5 Å². The number of H-pyrrole nitrogens is 1. The molecule has 0 saturated carbocycles. The van der Waals surface area contributed by atoms with E-state index in [2.05, 4.69) is 31.2 Å². The van der Waals surface area contributed by atoms with Crippen molar-refractivity contribution in [3.63, 3.8) is 0 Å². The van der Waals surface area contributed by atoms with Gasteiger partial charge in [-0.25, -0.2) is 14.4 Å². The van der Waals surface area contributed by atoms with Crippen LogP contribution in [0.15, 0.2) is 30.6 Å². The molecule has 2 fully saturated rings. The van der Waals surface area contributed by atoms with Crippen molar-refractivity contribution in [2.75, 3.05) is 38.7 Å². The molecule has 4 heterocycles. The van der Waals surface area contributed by atoms with E-state index in [1.807, 2.05) is 6.07 Å². The highest BCUT2D eigenvalue weighted by atomic mass is 19.4. The van der Waals surface area contributed by atoms with Gasteiger partial charge in [-0.1, -0.05) is 12.1 Å².